The third kappa shape index (κ3) is 2.82. The molecule has 3 N–H and O–H groups in total. The number of hydrogen-bond acceptors (Lipinski definition) is 3. The van der Waals surface area contributed by atoms with Gasteiger partial charge >= 0.3 is 0 Å². The highest BCUT2D eigenvalue weighted by Crippen LogP contribution is 2.28. The van der Waals surface area contributed by atoms with Gasteiger partial charge < -0.3 is 15.7 Å². The first-order valence-corrected chi connectivity index (χ1v) is 6.02. The van der Waals surface area contributed by atoms with Gasteiger partial charge in [-0.15, -0.1) is 0 Å². The molecule has 0 aromatic heterocycles. The Morgan fingerprint density at radius 1 is 1.21 bits per heavy atom. The maximum absolute atomic E-state index is 13.3. The highest BCUT2D eigenvalue weighted by Gasteiger charge is 2.12. The van der Waals surface area contributed by atoms with Gasteiger partial charge in [0.25, 0.3) is 0 Å². The molecule has 0 radical (unpaired) electrons. The Labute approximate surface area is 116 Å². The lowest BCUT2D eigenvalue weighted by molar-refractivity contribution is 0.475. The maximum Gasteiger partial charge on any atom is 0.124 e. The second-order valence-corrected chi connectivity index (χ2v) is 4.54. The molecule has 3 nitrogen and oxygen atoms in total. The second-order valence-electron chi connectivity index (χ2n) is 4.10. The first-order valence-electron chi connectivity index (χ1n) is 5.61. The van der Waals surface area contributed by atoms with Gasteiger partial charge in [-0.05, 0) is 42.5 Å². The number of phenolic OH excluding ortho intramolecular Hbond substituents is 1. The lowest BCUT2D eigenvalue weighted by atomic mass is 10.1. The van der Waals surface area contributed by atoms with Gasteiger partial charge in [-0.25, -0.2) is 4.39 Å². The fourth-order valence-corrected chi connectivity index (χ4v) is 1.98. The lowest BCUT2D eigenvalue weighted by Crippen LogP contribution is -2.18. The summed E-state index contributed by atoms with van der Waals surface area (Å²) in [5.41, 5.74) is 7.64. The normalized spacial score (nSPS) is 10.2. The van der Waals surface area contributed by atoms with Crippen molar-refractivity contribution in [3.05, 3.63) is 53.8 Å². The predicted octanol–water partition coefficient (Wildman–Crippen LogP) is 2.93. The molecule has 5 heteroatoms. The molecule has 0 aliphatic carbocycles. The van der Waals surface area contributed by atoms with E-state index in [9.17, 15) is 9.50 Å². The van der Waals surface area contributed by atoms with E-state index >= 15 is 0 Å². The predicted molar refractivity (Wildman–Crippen MR) is 78.5 cm³/mol. The SMILES string of the molecule is CN(c1ccc(O)cc1)c1ccc(F)cc1C(N)=S. The van der Waals surface area contributed by atoms with E-state index in [-0.39, 0.29) is 16.6 Å². The molecular weight excluding hydrogens is 263 g/mol. The second kappa shape index (κ2) is 5.24. The summed E-state index contributed by atoms with van der Waals surface area (Å²) in [5, 5.41) is 9.28. The van der Waals surface area contributed by atoms with Crippen molar-refractivity contribution in [1.82, 2.24) is 0 Å². The number of phenols is 1. The summed E-state index contributed by atoms with van der Waals surface area (Å²) in [5.74, 6) is -0.198. The van der Waals surface area contributed by atoms with Crippen LogP contribution in [0.1, 0.15) is 5.56 Å². The fourth-order valence-electron chi connectivity index (χ4n) is 1.81. The molecule has 0 bridgehead atoms. The van der Waals surface area contributed by atoms with E-state index in [1.165, 1.54) is 12.1 Å². The fraction of sp³-hybridized carbons (Fsp3) is 0.0714. The Morgan fingerprint density at radius 3 is 2.42 bits per heavy atom. The molecule has 0 spiro atoms. The van der Waals surface area contributed by atoms with E-state index in [1.807, 2.05) is 11.9 Å². The van der Waals surface area contributed by atoms with Crippen molar-refractivity contribution in [3.63, 3.8) is 0 Å². The molecule has 0 aliphatic heterocycles. The zero-order valence-electron chi connectivity index (χ0n) is 10.3. The minimum absolute atomic E-state index is 0.139. The average Bonchev–Trinajstić information content (AvgIpc) is 2.38. The molecule has 0 heterocycles. The van der Waals surface area contributed by atoms with Crippen molar-refractivity contribution >= 4 is 28.6 Å². The Morgan fingerprint density at radius 2 is 1.84 bits per heavy atom. The molecule has 0 aliphatic rings. The molecule has 19 heavy (non-hydrogen) atoms. The zero-order chi connectivity index (χ0) is 14.0. The van der Waals surface area contributed by atoms with Crippen molar-refractivity contribution in [2.75, 3.05) is 11.9 Å². The highest BCUT2D eigenvalue weighted by atomic mass is 32.1. The summed E-state index contributed by atoms with van der Waals surface area (Å²) in [6, 6.07) is 11.0. The van der Waals surface area contributed by atoms with E-state index in [1.54, 1.807) is 30.3 Å². The van der Waals surface area contributed by atoms with Crippen LogP contribution >= 0.6 is 12.2 Å². The van der Waals surface area contributed by atoms with Crippen LogP contribution in [0.25, 0.3) is 0 Å². The zero-order valence-corrected chi connectivity index (χ0v) is 11.1. The van der Waals surface area contributed by atoms with Gasteiger partial charge in [0.1, 0.15) is 16.6 Å². The van der Waals surface area contributed by atoms with Gasteiger partial charge in [-0.1, -0.05) is 12.2 Å². The van der Waals surface area contributed by atoms with Crippen LogP contribution in [0.2, 0.25) is 0 Å². The van der Waals surface area contributed by atoms with E-state index < -0.39 is 0 Å². The first kappa shape index (κ1) is 13.3. The van der Waals surface area contributed by atoms with Crippen molar-refractivity contribution in [2.24, 2.45) is 5.73 Å². The summed E-state index contributed by atoms with van der Waals surface area (Å²) in [6.07, 6.45) is 0. The Hall–Kier alpha value is -2.14. The van der Waals surface area contributed by atoms with Crippen molar-refractivity contribution in [2.45, 2.75) is 0 Å². The van der Waals surface area contributed by atoms with Crippen molar-refractivity contribution in [3.8, 4) is 5.75 Å². The van der Waals surface area contributed by atoms with E-state index in [0.29, 0.717) is 11.3 Å². The average molecular weight is 276 g/mol. The maximum atomic E-state index is 13.3. The standard InChI is InChI=1S/C14H13FN2OS/c1-17(10-3-5-11(18)6-4-10)13-7-2-9(15)8-12(13)14(16)19/h2-8,18H,1H3,(H2,16,19). The molecule has 0 atom stereocenters. The number of thiocarbonyl (C=S) groups is 1. The van der Waals surface area contributed by atoms with E-state index in [4.69, 9.17) is 18.0 Å². The topological polar surface area (TPSA) is 49.5 Å². The summed E-state index contributed by atoms with van der Waals surface area (Å²) in [6.45, 7) is 0. The first-order chi connectivity index (χ1) is 8.99. The molecule has 2 aromatic carbocycles. The van der Waals surface area contributed by atoms with Crippen LogP contribution in [0, 0.1) is 5.82 Å². The molecule has 2 aromatic rings. The molecule has 0 fully saturated rings. The Balaban J connectivity index is 2.46. The summed E-state index contributed by atoms with van der Waals surface area (Å²) < 4.78 is 13.3. The Bertz CT molecular complexity index is 613. The quantitative estimate of drug-likeness (QED) is 0.846. The number of aromatic hydroxyl groups is 1. The third-order valence-corrected chi connectivity index (χ3v) is 3.04. The smallest absolute Gasteiger partial charge is 0.124 e. The van der Waals surface area contributed by atoms with Gasteiger partial charge in [0.2, 0.25) is 0 Å². The van der Waals surface area contributed by atoms with Crippen LogP contribution < -0.4 is 10.6 Å². The number of rotatable bonds is 3. The summed E-state index contributed by atoms with van der Waals surface area (Å²) in [7, 11) is 1.82. The lowest BCUT2D eigenvalue weighted by Gasteiger charge is -2.22. The highest BCUT2D eigenvalue weighted by molar-refractivity contribution is 7.80. The van der Waals surface area contributed by atoms with Crippen molar-refractivity contribution in [1.29, 1.82) is 0 Å². The third-order valence-electron chi connectivity index (χ3n) is 2.82. The van der Waals surface area contributed by atoms with Gasteiger partial charge in [0, 0.05) is 18.3 Å². The van der Waals surface area contributed by atoms with Crippen molar-refractivity contribution < 1.29 is 9.50 Å². The minimum Gasteiger partial charge on any atom is -0.508 e. The van der Waals surface area contributed by atoms with Crippen LogP contribution in [0.3, 0.4) is 0 Å². The van der Waals surface area contributed by atoms with Crippen LogP contribution in [0.5, 0.6) is 5.75 Å². The number of hydrogen-bond donors (Lipinski definition) is 2. The largest absolute Gasteiger partial charge is 0.508 e. The number of nitrogens with two attached hydrogens (primary N) is 1. The minimum atomic E-state index is -0.384. The monoisotopic (exact) mass is 276 g/mol. The van der Waals surface area contributed by atoms with Crippen LogP contribution in [0.4, 0.5) is 15.8 Å². The van der Waals surface area contributed by atoms with E-state index in [2.05, 4.69) is 0 Å². The van der Waals surface area contributed by atoms with Gasteiger partial charge in [-0.2, -0.15) is 0 Å². The molecule has 2 rings (SSSR count). The number of halogens is 1. The molecule has 0 saturated heterocycles. The summed E-state index contributed by atoms with van der Waals surface area (Å²) >= 11 is 4.94. The van der Waals surface area contributed by atoms with Crippen LogP contribution in [0.15, 0.2) is 42.5 Å². The number of anilines is 2. The number of benzene rings is 2. The molecule has 0 amide bonds. The number of nitrogens with zero attached hydrogens (tertiary/aromatic N) is 1. The molecular formula is C14H13FN2OS. The van der Waals surface area contributed by atoms with Gasteiger partial charge in [-0.3, -0.25) is 0 Å². The van der Waals surface area contributed by atoms with Gasteiger partial charge in [0.15, 0.2) is 0 Å². The van der Waals surface area contributed by atoms with Gasteiger partial charge in [0.05, 0.1) is 5.69 Å². The molecule has 98 valence electrons. The molecule has 0 saturated carbocycles. The van der Waals surface area contributed by atoms with Crippen LogP contribution in [-0.4, -0.2) is 17.1 Å². The van der Waals surface area contributed by atoms with E-state index in [0.717, 1.165) is 5.69 Å². The summed E-state index contributed by atoms with van der Waals surface area (Å²) in [4.78, 5) is 1.97. The molecule has 0 unspecified atom stereocenters. The van der Waals surface area contributed by atoms with Crippen LogP contribution in [-0.2, 0) is 0 Å². The Kier molecular flexibility index (Phi) is 3.66.